The van der Waals surface area contributed by atoms with Gasteiger partial charge in [0.15, 0.2) is 5.82 Å². The molecule has 21 heavy (non-hydrogen) atoms. The zero-order chi connectivity index (χ0) is 15.6. The predicted molar refractivity (Wildman–Crippen MR) is 79.0 cm³/mol. The number of nitrogens with one attached hydrogen (secondary N) is 1. The molecule has 2 rings (SSSR count). The molecule has 6 nitrogen and oxygen atoms in total. The van der Waals surface area contributed by atoms with Gasteiger partial charge >= 0.3 is 0 Å². The van der Waals surface area contributed by atoms with E-state index >= 15 is 0 Å². The Kier molecular flexibility index (Phi) is 4.31. The molecule has 0 fully saturated rings. The lowest BCUT2D eigenvalue weighted by Crippen LogP contribution is -2.27. The van der Waals surface area contributed by atoms with Gasteiger partial charge < -0.3 is 5.43 Å². The van der Waals surface area contributed by atoms with Gasteiger partial charge in [-0.25, -0.2) is 23.6 Å². The number of nitrogen functional groups attached to an aromatic ring is 1. The molecule has 0 aliphatic rings. The van der Waals surface area contributed by atoms with E-state index in [0.717, 1.165) is 16.6 Å². The molecular formula is C12H12ClFN4O2S. The molecule has 0 atom stereocenters. The molecule has 1 aromatic carbocycles. The zero-order valence-corrected chi connectivity index (χ0v) is 12.5. The summed E-state index contributed by atoms with van der Waals surface area (Å²) in [5, 5.41) is 0.0613. The van der Waals surface area contributed by atoms with E-state index in [1.165, 1.54) is 31.3 Å². The van der Waals surface area contributed by atoms with E-state index in [4.69, 9.17) is 17.4 Å². The number of hydrogen-bond donors (Lipinski definition) is 2. The summed E-state index contributed by atoms with van der Waals surface area (Å²) in [5.41, 5.74) is 2.43. The van der Waals surface area contributed by atoms with Crippen LogP contribution in [0.25, 0.3) is 0 Å². The number of nitrogens with two attached hydrogens (primary N) is 1. The van der Waals surface area contributed by atoms with Crippen LogP contribution in [0.2, 0.25) is 5.02 Å². The number of halogens is 2. The smallest absolute Gasteiger partial charge is 0.265 e. The number of hydrazine groups is 1. The van der Waals surface area contributed by atoms with Gasteiger partial charge in [0, 0.05) is 13.2 Å². The first-order valence-electron chi connectivity index (χ1n) is 5.73. The summed E-state index contributed by atoms with van der Waals surface area (Å²) < 4.78 is 39.0. The van der Waals surface area contributed by atoms with E-state index in [2.05, 4.69) is 10.4 Å². The van der Waals surface area contributed by atoms with Crippen molar-refractivity contribution in [2.45, 2.75) is 4.90 Å². The highest BCUT2D eigenvalue weighted by Gasteiger charge is 2.23. The molecule has 0 aliphatic carbocycles. The Balaban J connectivity index is 2.44. The van der Waals surface area contributed by atoms with Crippen molar-refractivity contribution < 1.29 is 12.8 Å². The molecule has 9 heteroatoms. The summed E-state index contributed by atoms with van der Waals surface area (Å²) in [6, 6.07) is 6.45. The highest BCUT2D eigenvalue weighted by molar-refractivity contribution is 7.92. The highest BCUT2D eigenvalue weighted by atomic mass is 35.5. The van der Waals surface area contributed by atoms with Crippen molar-refractivity contribution in [3.05, 3.63) is 47.4 Å². The fourth-order valence-electron chi connectivity index (χ4n) is 1.64. The second-order valence-corrected chi connectivity index (χ2v) is 6.47. The van der Waals surface area contributed by atoms with E-state index in [0.29, 0.717) is 0 Å². The van der Waals surface area contributed by atoms with Gasteiger partial charge in [0.05, 0.1) is 10.7 Å². The minimum Gasteiger partial charge on any atom is -0.307 e. The molecule has 0 spiro atoms. The van der Waals surface area contributed by atoms with Crippen LogP contribution in [0.15, 0.2) is 41.4 Å². The molecule has 1 aromatic heterocycles. The summed E-state index contributed by atoms with van der Waals surface area (Å²) >= 11 is 5.86. The average molecular weight is 331 g/mol. The summed E-state index contributed by atoms with van der Waals surface area (Å²) in [6.07, 6.45) is 1.12. The Morgan fingerprint density at radius 2 is 2.10 bits per heavy atom. The first-order valence-corrected chi connectivity index (χ1v) is 7.54. The van der Waals surface area contributed by atoms with E-state index in [1.54, 1.807) is 0 Å². The van der Waals surface area contributed by atoms with E-state index in [1.807, 2.05) is 0 Å². The van der Waals surface area contributed by atoms with Crippen LogP contribution in [-0.2, 0) is 10.0 Å². The third-order valence-corrected chi connectivity index (χ3v) is 4.82. The molecule has 0 unspecified atom stereocenters. The van der Waals surface area contributed by atoms with Crippen molar-refractivity contribution >= 4 is 33.1 Å². The van der Waals surface area contributed by atoms with Gasteiger partial charge in [0.1, 0.15) is 10.7 Å². The number of benzene rings is 1. The van der Waals surface area contributed by atoms with Crippen LogP contribution >= 0.6 is 11.6 Å². The van der Waals surface area contributed by atoms with Crippen molar-refractivity contribution in [3.63, 3.8) is 0 Å². The van der Waals surface area contributed by atoms with Crippen LogP contribution in [0.1, 0.15) is 0 Å². The van der Waals surface area contributed by atoms with Crippen molar-refractivity contribution in [2.75, 3.05) is 16.8 Å². The third-order valence-electron chi connectivity index (χ3n) is 2.78. The Morgan fingerprint density at radius 1 is 1.38 bits per heavy atom. The number of rotatable bonds is 4. The van der Waals surface area contributed by atoms with Crippen LogP contribution in [0, 0.1) is 5.82 Å². The van der Waals surface area contributed by atoms with Crippen molar-refractivity contribution in [3.8, 4) is 0 Å². The first kappa shape index (κ1) is 15.5. The molecular weight excluding hydrogens is 319 g/mol. The van der Waals surface area contributed by atoms with Gasteiger partial charge in [0.2, 0.25) is 0 Å². The Hall–Kier alpha value is -1.90. The number of anilines is 2. The van der Waals surface area contributed by atoms with Crippen LogP contribution in [0.3, 0.4) is 0 Å². The lowest BCUT2D eigenvalue weighted by molar-refractivity contribution is 0.593. The molecule has 0 aliphatic heterocycles. The summed E-state index contributed by atoms with van der Waals surface area (Å²) in [4.78, 5) is 3.68. The Morgan fingerprint density at radius 3 is 2.67 bits per heavy atom. The molecule has 0 bridgehead atoms. The second kappa shape index (κ2) is 5.84. The summed E-state index contributed by atoms with van der Waals surface area (Å²) in [7, 11) is -2.59. The second-order valence-electron chi connectivity index (χ2n) is 4.10. The topological polar surface area (TPSA) is 88.3 Å². The van der Waals surface area contributed by atoms with Crippen molar-refractivity contribution in [2.24, 2.45) is 5.84 Å². The maximum atomic E-state index is 13.2. The number of hydrogen-bond acceptors (Lipinski definition) is 5. The van der Waals surface area contributed by atoms with Crippen molar-refractivity contribution in [1.29, 1.82) is 0 Å². The maximum absolute atomic E-state index is 13.2. The van der Waals surface area contributed by atoms with Gasteiger partial charge in [-0.15, -0.1) is 0 Å². The van der Waals surface area contributed by atoms with Crippen LogP contribution in [0.4, 0.5) is 15.9 Å². The lowest BCUT2D eigenvalue weighted by atomic mass is 10.3. The highest BCUT2D eigenvalue weighted by Crippen LogP contribution is 2.26. The number of nitrogens with zero attached hydrogens (tertiary/aromatic N) is 2. The minimum atomic E-state index is -3.91. The first-order chi connectivity index (χ1) is 9.86. The van der Waals surface area contributed by atoms with Gasteiger partial charge in [-0.1, -0.05) is 17.7 Å². The van der Waals surface area contributed by atoms with Gasteiger partial charge in [-0.2, -0.15) is 0 Å². The Bertz CT molecular complexity index is 770. The average Bonchev–Trinajstić information content (AvgIpc) is 2.46. The number of aromatic nitrogens is 1. The summed E-state index contributed by atoms with van der Waals surface area (Å²) in [6.45, 7) is 0. The molecule has 0 radical (unpaired) electrons. The normalized spacial score (nSPS) is 11.2. The summed E-state index contributed by atoms with van der Waals surface area (Å²) in [5.74, 6) is 4.80. The predicted octanol–water partition coefficient (Wildman–Crippen LogP) is 1.98. The molecule has 112 valence electrons. The molecule has 0 saturated carbocycles. The van der Waals surface area contributed by atoms with Crippen LogP contribution < -0.4 is 15.6 Å². The monoisotopic (exact) mass is 330 g/mol. The molecule has 2 aromatic rings. The SMILES string of the molecule is CN(c1cccc(F)c1)S(=O)(=O)c1cnc(NN)c(Cl)c1. The largest absolute Gasteiger partial charge is 0.307 e. The molecule has 1 heterocycles. The fourth-order valence-corrected chi connectivity index (χ4v) is 3.08. The van der Waals surface area contributed by atoms with E-state index in [-0.39, 0.29) is 21.4 Å². The minimum absolute atomic E-state index is 0.0613. The van der Waals surface area contributed by atoms with E-state index < -0.39 is 15.8 Å². The third kappa shape index (κ3) is 3.07. The van der Waals surface area contributed by atoms with Crippen LogP contribution in [0.5, 0.6) is 0 Å². The standard InChI is InChI=1S/C12H12ClFN4O2S/c1-18(9-4-2-3-8(14)5-9)21(19,20)10-6-11(13)12(17-15)16-7-10/h2-7H,15H2,1H3,(H,16,17). The molecule has 0 amide bonds. The maximum Gasteiger partial charge on any atom is 0.265 e. The quantitative estimate of drug-likeness (QED) is 0.661. The number of sulfonamides is 1. The molecule has 0 saturated heterocycles. The van der Waals surface area contributed by atoms with E-state index in [9.17, 15) is 12.8 Å². The molecule has 3 N–H and O–H groups in total. The Labute approximate surface area is 126 Å². The van der Waals surface area contributed by atoms with Crippen molar-refractivity contribution in [1.82, 2.24) is 4.98 Å². The van der Waals surface area contributed by atoms with Crippen LogP contribution in [-0.4, -0.2) is 20.4 Å². The number of pyridine rings is 1. The zero-order valence-electron chi connectivity index (χ0n) is 10.9. The van der Waals surface area contributed by atoms with Gasteiger partial charge in [-0.3, -0.25) is 4.31 Å². The fraction of sp³-hybridized carbons (Fsp3) is 0.0833. The van der Waals surface area contributed by atoms with Gasteiger partial charge in [0.25, 0.3) is 10.0 Å². The van der Waals surface area contributed by atoms with Gasteiger partial charge in [-0.05, 0) is 24.3 Å². The lowest BCUT2D eigenvalue weighted by Gasteiger charge is -2.19.